The molecule has 2 rings (SSSR count). The fourth-order valence-corrected chi connectivity index (χ4v) is 2.54. The van der Waals surface area contributed by atoms with Crippen LogP contribution in [0.1, 0.15) is 12.0 Å². The predicted octanol–water partition coefficient (Wildman–Crippen LogP) is 1.47. The summed E-state index contributed by atoms with van der Waals surface area (Å²) in [6.07, 6.45) is 0.538. The first kappa shape index (κ1) is 14.4. The smallest absolute Gasteiger partial charge is 0.303 e. The normalized spacial score (nSPS) is 17.6. The molecule has 1 aliphatic heterocycles. The molecule has 7 heteroatoms. The molecule has 0 aromatic heterocycles. The molecule has 1 heterocycles. The molecule has 0 spiro atoms. The van der Waals surface area contributed by atoms with Gasteiger partial charge in [-0.1, -0.05) is 23.9 Å². The fourth-order valence-electron chi connectivity index (χ4n) is 1.76. The molecule has 1 fully saturated rings. The van der Waals surface area contributed by atoms with Gasteiger partial charge in [-0.15, -0.1) is 0 Å². The number of benzene rings is 1. The van der Waals surface area contributed by atoms with Gasteiger partial charge in [0.25, 0.3) is 5.24 Å². The van der Waals surface area contributed by atoms with Gasteiger partial charge in [0, 0.05) is 17.9 Å². The highest BCUT2D eigenvalue weighted by atomic mass is 32.2. The van der Waals surface area contributed by atoms with Crippen molar-refractivity contribution in [1.29, 1.82) is 0 Å². The van der Waals surface area contributed by atoms with E-state index in [-0.39, 0.29) is 17.6 Å². The van der Waals surface area contributed by atoms with E-state index in [1.807, 2.05) is 0 Å². The van der Waals surface area contributed by atoms with Crippen LogP contribution in [0, 0.1) is 0 Å². The summed E-state index contributed by atoms with van der Waals surface area (Å²) >= 11 is 1.09. The van der Waals surface area contributed by atoms with Gasteiger partial charge in [-0.3, -0.25) is 14.4 Å². The van der Waals surface area contributed by atoms with Crippen molar-refractivity contribution in [3.8, 4) is 0 Å². The maximum atomic E-state index is 11.8. The Morgan fingerprint density at radius 1 is 1.35 bits per heavy atom. The Morgan fingerprint density at radius 2 is 2.05 bits per heavy atom. The molecule has 1 unspecified atom stereocenters. The van der Waals surface area contributed by atoms with E-state index < -0.39 is 12.0 Å². The Morgan fingerprint density at radius 3 is 2.60 bits per heavy atom. The highest BCUT2D eigenvalue weighted by molar-refractivity contribution is 8.14. The standard InChI is InChI=1S/C13H14N2O4S/c16-11(17)6-3-8-1-4-9(5-2-8)14-12(18)10-7-20-13(19)15-10/h1-2,4-5,10H,3,6-7H2,(H,14,18)(H,15,19)(H,16,17). The second-order valence-electron chi connectivity index (χ2n) is 4.38. The van der Waals surface area contributed by atoms with E-state index in [2.05, 4.69) is 10.6 Å². The number of carboxylic acids is 1. The van der Waals surface area contributed by atoms with Crippen molar-refractivity contribution in [3.63, 3.8) is 0 Å². The second kappa shape index (κ2) is 6.42. The van der Waals surface area contributed by atoms with Crippen molar-refractivity contribution in [3.05, 3.63) is 29.8 Å². The number of anilines is 1. The number of carbonyl (C=O) groups is 3. The zero-order valence-electron chi connectivity index (χ0n) is 10.6. The molecule has 2 amide bonds. The topological polar surface area (TPSA) is 95.5 Å². The number of carbonyl (C=O) groups excluding carboxylic acids is 2. The van der Waals surface area contributed by atoms with Gasteiger partial charge in [-0.05, 0) is 24.1 Å². The monoisotopic (exact) mass is 294 g/mol. The van der Waals surface area contributed by atoms with E-state index >= 15 is 0 Å². The molecule has 6 nitrogen and oxygen atoms in total. The highest BCUT2D eigenvalue weighted by Gasteiger charge is 2.27. The molecule has 0 bridgehead atoms. The summed E-state index contributed by atoms with van der Waals surface area (Å²) in [5.41, 5.74) is 1.52. The molecule has 1 aliphatic rings. The van der Waals surface area contributed by atoms with Gasteiger partial charge in [-0.2, -0.15) is 0 Å². The Kier molecular flexibility index (Phi) is 4.62. The van der Waals surface area contributed by atoms with Crippen LogP contribution in [-0.4, -0.2) is 34.0 Å². The molecule has 1 aromatic carbocycles. The summed E-state index contributed by atoms with van der Waals surface area (Å²) in [5, 5.41) is 13.7. The van der Waals surface area contributed by atoms with Crippen molar-refractivity contribution < 1.29 is 19.5 Å². The molecule has 1 saturated heterocycles. The minimum absolute atomic E-state index is 0.0804. The van der Waals surface area contributed by atoms with Crippen LogP contribution < -0.4 is 10.6 Å². The molecule has 0 saturated carbocycles. The number of amides is 2. The number of aliphatic carboxylic acids is 1. The lowest BCUT2D eigenvalue weighted by Gasteiger charge is -2.10. The number of nitrogens with one attached hydrogen (secondary N) is 2. The highest BCUT2D eigenvalue weighted by Crippen LogP contribution is 2.16. The molecular weight excluding hydrogens is 280 g/mol. The number of rotatable bonds is 5. The van der Waals surface area contributed by atoms with Crippen LogP contribution in [0.5, 0.6) is 0 Å². The number of hydrogen-bond acceptors (Lipinski definition) is 4. The van der Waals surface area contributed by atoms with E-state index in [0.717, 1.165) is 17.3 Å². The second-order valence-corrected chi connectivity index (χ2v) is 5.37. The fraction of sp³-hybridized carbons (Fsp3) is 0.308. The van der Waals surface area contributed by atoms with E-state index in [9.17, 15) is 14.4 Å². The first-order valence-electron chi connectivity index (χ1n) is 6.09. The van der Waals surface area contributed by atoms with Crippen LogP contribution in [0.25, 0.3) is 0 Å². The average molecular weight is 294 g/mol. The third-order valence-electron chi connectivity index (χ3n) is 2.84. The first-order valence-corrected chi connectivity index (χ1v) is 7.08. The predicted molar refractivity (Wildman–Crippen MR) is 75.8 cm³/mol. The van der Waals surface area contributed by atoms with Crippen LogP contribution in [0.4, 0.5) is 10.5 Å². The Balaban J connectivity index is 1.88. The zero-order chi connectivity index (χ0) is 14.5. The van der Waals surface area contributed by atoms with Gasteiger partial charge in [0.1, 0.15) is 6.04 Å². The van der Waals surface area contributed by atoms with Crippen molar-refractivity contribution >= 4 is 34.6 Å². The SMILES string of the molecule is O=C(O)CCc1ccc(NC(=O)C2CSC(=O)N2)cc1. The van der Waals surface area contributed by atoms with Crippen LogP contribution in [0.15, 0.2) is 24.3 Å². The number of aryl methyl sites for hydroxylation is 1. The molecule has 3 N–H and O–H groups in total. The number of carboxylic acid groups (broad SMARTS) is 1. The Bertz CT molecular complexity index is 530. The van der Waals surface area contributed by atoms with Gasteiger partial charge >= 0.3 is 5.97 Å². The Labute approximate surface area is 119 Å². The van der Waals surface area contributed by atoms with E-state index in [1.54, 1.807) is 24.3 Å². The number of thioether (sulfide) groups is 1. The summed E-state index contributed by atoms with van der Waals surface area (Å²) in [6.45, 7) is 0. The summed E-state index contributed by atoms with van der Waals surface area (Å²) in [5.74, 6) is -0.653. The van der Waals surface area contributed by atoms with Crippen molar-refractivity contribution in [1.82, 2.24) is 5.32 Å². The first-order chi connectivity index (χ1) is 9.54. The third-order valence-corrected chi connectivity index (χ3v) is 3.72. The van der Waals surface area contributed by atoms with Crippen LogP contribution in [0.3, 0.4) is 0 Å². The molecule has 1 atom stereocenters. The number of hydrogen-bond donors (Lipinski definition) is 3. The van der Waals surface area contributed by atoms with E-state index in [1.165, 1.54) is 0 Å². The largest absolute Gasteiger partial charge is 0.481 e. The van der Waals surface area contributed by atoms with Gasteiger partial charge in [0.05, 0.1) is 0 Å². The van der Waals surface area contributed by atoms with Gasteiger partial charge in [0.15, 0.2) is 0 Å². The lowest BCUT2D eigenvalue weighted by atomic mass is 10.1. The zero-order valence-corrected chi connectivity index (χ0v) is 11.4. The quantitative estimate of drug-likeness (QED) is 0.764. The van der Waals surface area contributed by atoms with Crippen LogP contribution >= 0.6 is 11.8 Å². The summed E-state index contributed by atoms with van der Waals surface area (Å²) in [6, 6.07) is 6.50. The molecule has 0 radical (unpaired) electrons. The van der Waals surface area contributed by atoms with Crippen molar-refractivity contribution in [2.24, 2.45) is 0 Å². The van der Waals surface area contributed by atoms with E-state index in [0.29, 0.717) is 17.9 Å². The minimum Gasteiger partial charge on any atom is -0.481 e. The van der Waals surface area contributed by atoms with Crippen LogP contribution in [0.2, 0.25) is 0 Å². The maximum Gasteiger partial charge on any atom is 0.303 e. The van der Waals surface area contributed by atoms with Gasteiger partial charge in [0.2, 0.25) is 5.91 Å². The molecular formula is C13H14N2O4S. The molecule has 106 valence electrons. The van der Waals surface area contributed by atoms with Gasteiger partial charge < -0.3 is 15.7 Å². The summed E-state index contributed by atoms with van der Waals surface area (Å²) in [7, 11) is 0. The lowest BCUT2D eigenvalue weighted by Crippen LogP contribution is -2.38. The Hall–Kier alpha value is -2.02. The lowest BCUT2D eigenvalue weighted by molar-refractivity contribution is -0.137. The maximum absolute atomic E-state index is 11.8. The van der Waals surface area contributed by atoms with E-state index in [4.69, 9.17) is 5.11 Å². The molecule has 1 aromatic rings. The summed E-state index contributed by atoms with van der Waals surface area (Å²) < 4.78 is 0. The average Bonchev–Trinajstić information content (AvgIpc) is 2.85. The molecule has 0 aliphatic carbocycles. The molecule has 20 heavy (non-hydrogen) atoms. The third kappa shape index (κ3) is 3.99. The van der Waals surface area contributed by atoms with Gasteiger partial charge in [-0.25, -0.2) is 0 Å². The van der Waals surface area contributed by atoms with Crippen molar-refractivity contribution in [2.75, 3.05) is 11.1 Å². The summed E-state index contributed by atoms with van der Waals surface area (Å²) in [4.78, 5) is 33.3. The van der Waals surface area contributed by atoms with Crippen LogP contribution in [-0.2, 0) is 16.0 Å². The van der Waals surface area contributed by atoms with Crippen molar-refractivity contribution in [2.45, 2.75) is 18.9 Å². The minimum atomic E-state index is -0.836.